The van der Waals surface area contributed by atoms with Crippen LogP contribution in [0, 0.1) is 0 Å². The van der Waals surface area contributed by atoms with E-state index < -0.39 is 40.2 Å². The maximum atomic E-state index is 12.6. The second-order valence-electron chi connectivity index (χ2n) is 6.87. The van der Waals surface area contributed by atoms with Crippen molar-refractivity contribution in [1.82, 2.24) is 9.80 Å². The number of hydrogen-bond acceptors (Lipinski definition) is 5. The Balaban J connectivity index is 1.43. The number of ketones is 1. The molecule has 2 heterocycles. The minimum atomic E-state index is -1.29. The predicted octanol–water partition coefficient (Wildman–Crippen LogP) is 2.36. The molecule has 2 unspecified atom stereocenters. The summed E-state index contributed by atoms with van der Waals surface area (Å²) in [6, 6.07) is 12.6. The molecule has 9 heteroatoms. The number of Topliss-reactive ketones (excluding diaryl/α,β-unsaturated/α-hetero) is 1. The van der Waals surface area contributed by atoms with Gasteiger partial charge in [-0.25, -0.2) is 0 Å². The maximum Gasteiger partial charge on any atom is 0.261 e. The number of amides is 4. The van der Waals surface area contributed by atoms with Crippen LogP contribution >= 0.6 is 23.2 Å². The van der Waals surface area contributed by atoms with E-state index in [1.165, 1.54) is 24.3 Å². The number of carbonyl (C=O) groups is 5. The van der Waals surface area contributed by atoms with Crippen molar-refractivity contribution in [3.05, 3.63) is 70.8 Å². The number of benzene rings is 2. The highest BCUT2D eigenvalue weighted by atomic mass is 35.5. The number of fused-ring (bicyclic) bond motifs is 2. The lowest BCUT2D eigenvalue weighted by atomic mass is 10.1. The third kappa shape index (κ3) is 3.20. The van der Waals surface area contributed by atoms with E-state index in [0.29, 0.717) is 0 Å². The average molecular weight is 445 g/mol. The van der Waals surface area contributed by atoms with Crippen LogP contribution in [0.1, 0.15) is 41.4 Å². The lowest BCUT2D eigenvalue weighted by Crippen LogP contribution is -2.44. The zero-order valence-electron chi connectivity index (χ0n) is 15.4. The van der Waals surface area contributed by atoms with Crippen LogP contribution in [0.2, 0.25) is 0 Å². The summed E-state index contributed by atoms with van der Waals surface area (Å²) in [6.07, 6.45) is 0. The Bertz CT molecular complexity index is 961. The molecule has 0 N–H and O–H groups in total. The minimum absolute atomic E-state index is 0.243. The Morgan fingerprint density at radius 1 is 0.633 bits per heavy atom. The van der Waals surface area contributed by atoms with Crippen LogP contribution in [-0.2, 0) is 4.79 Å². The molecule has 4 amide bonds. The fourth-order valence-electron chi connectivity index (χ4n) is 3.51. The first kappa shape index (κ1) is 20.3. The fourth-order valence-corrected chi connectivity index (χ4v) is 4.15. The number of imide groups is 2. The number of carbonyl (C=O) groups excluding carboxylic acids is 5. The quantitative estimate of drug-likeness (QED) is 0.503. The molecule has 2 aromatic rings. The van der Waals surface area contributed by atoms with Crippen molar-refractivity contribution in [2.75, 3.05) is 13.1 Å². The summed E-state index contributed by atoms with van der Waals surface area (Å²) in [7, 11) is 0. The van der Waals surface area contributed by atoms with Gasteiger partial charge in [0.2, 0.25) is 0 Å². The van der Waals surface area contributed by atoms with Crippen molar-refractivity contribution < 1.29 is 24.0 Å². The van der Waals surface area contributed by atoms with Gasteiger partial charge < -0.3 is 0 Å². The maximum absolute atomic E-state index is 12.6. The third-order valence-electron chi connectivity index (χ3n) is 5.06. The molecule has 152 valence electrons. The molecule has 30 heavy (non-hydrogen) atoms. The smallest absolute Gasteiger partial charge is 0.261 e. The van der Waals surface area contributed by atoms with E-state index in [-0.39, 0.29) is 35.3 Å². The lowest BCUT2D eigenvalue weighted by Gasteiger charge is -2.21. The van der Waals surface area contributed by atoms with Gasteiger partial charge in [-0.05, 0) is 24.3 Å². The Morgan fingerprint density at radius 3 is 1.17 bits per heavy atom. The Labute approximate surface area is 181 Å². The molecule has 0 bridgehead atoms. The highest BCUT2D eigenvalue weighted by Crippen LogP contribution is 2.26. The summed E-state index contributed by atoms with van der Waals surface area (Å²) in [6.45, 7) is -0.726. The molecule has 4 rings (SSSR count). The second-order valence-corrected chi connectivity index (χ2v) is 7.92. The fraction of sp³-hybridized carbons (Fsp3) is 0.190. The average Bonchev–Trinajstić information content (AvgIpc) is 3.14. The van der Waals surface area contributed by atoms with Crippen LogP contribution in [0.3, 0.4) is 0 Å². The molecule has 2 aromatic carbocycles. The second kappa shape index (κ2) is 7.66. The topological polar surface area (TPSA) is 91.8 Å². The first-order valence-corrected chi connectivity index (χ1v) is 9.91. The van der Waals surface area contributed by atoms with E-state index in [1.54, 1.807) is 24.3 Å². The van der Waals surface area contributed by atoms with Crippen LogP contribution in [0.25, 0.3) is 0 Å². The van der Waals surface area contributed by atoms with Crippen LogP contribution in [0.15, 0.2) is 48.5 Å². The summed E-state index contributed by atoms with van der Waals surface area (Å²) in [4.78, 5) is 64.1. The van der Waals surface area contributed by atoms with Gasteiger partial charge in [0.1, 0.15) is 10.8 Å². The molecule has 0 spiro atoms. The lowest BCUT2D eigenvalue weighted by molar-refractivity contribution is -0.118. The van der Waals surface area contributed by atoms with Crippen LogP contribution in [0.5, 0.6) is 0 Å². The number of alkyl halides is 2. The van der Waals surface area contributed by atoms with Crippen molar-refractivity contribution in [1.29, 1.82) is 0 Å². The zero-order chi connectivity index (χ0) is 21.6. The van der Waals surface area contributed by atoms with Gasteiger partial charge >= 0.3 is 0 Å². The van der Waals surface area contributed by atoms with Crippen LogP contribution in [0.4, 0.5) is 0 Å². The first-order chi connectivity index (χ1) is 14.3. The number of hydrogen-bond donors (Lipinski definition) is 0. The molecule has 0 saturated heterocycles. The van der Waals surface area contributed by atoms with E-state index >= 15 is 0 Å². The van der Waals surface area contributed by atoms with Gasteiger partial charge in [-0.2, -0.15) is 0 Å². The van der Waals surface area contributed by atoms with Gasteiger partial charge in [0.05, 0.1) is 35.3 Å². The Hall–Kier alpha value is -3.03. The van der Waals surface area contributed by atoms with Crippen molar-refractivity contribution in [3.8, 4) is 0 Å². The molecular weight excluding hydrogens is 431 g/mol. The number of halogens is 2. The molecular formula is C21H14Cl2N2O5. The van der Waals surface area contributed by atoms with Gasteiger partial charge in [-0.15, -0.1) is 23.2 Å². The van der Waals surface area contributed by atoms with Crippen molar-refractivity contribution in [2.24, 2.45) is 0 Å². The molecule has 7 nitrogen and oxygen atoms in total. The molecule has 0 aliphatic carbocycles. The first-order valence-electron chi connectivity index (χ1n) is 9.03. The monoisotopic (exact) mass is 444 g/mol. The standard InChI is InChI=1S/C21H14Cl2N2O5/c22-15(9-24-18(27)11-5-1-2-6-12(11)19(24)28)17(26)16(23)10-25-20(29)13-7-3-4-8-14(13)21(25)30/h1-8,15-16H,9-10H2. The molecule has 2 aliphatic rings. The minimum Gasteiger partial charge on any atom is -0.296 e. The molecule has 0 aromatic heterocycles. The molecule has 2 atom stereocenters. The molecule has 2 aliphatic heterocycles. The van der Waals surface area contributed by atoms with Gasteiger partial charge in [-0.1, -0.05) is 24.3 Å². The van der Waals surface area contributed by atoms with Crippen molar-refractivity contribution in [2.45, 2.75) is 10.8 Å². The summed E-state index contributed by atoms with van der Waals surface area (Å²) >= 11 is 12.3. The van der Waals surface area contributed by atoms with E-state index in [1.807, 2.05) is 0 Å². The predicted molar refractivity (Wildman–Crippen MR) is 108 cm³/mol. The van der Waals surface area contributed by atoms with E-state index in [2.05, 4.69) is 0 Å². The van der Waals surface area contributed by atoms with Gasteiger partial charge in [0, 0.05) is 0 Å². The molecule has 0 saturated carbocycles. The zero-order valence-corrected chi connectivity index (χ0v) is 16.9. The van der Waals surface area contributed by atoms with Crippen LogP contribution < -0.4 is 0 Å². The summed E-state index contributed by atoms with van der Waals surface area (Å²) in [5, 5.41) is -2.57. The summed E-state index contributed by atoms with van der Waals surface area (Å²) in [5.74, 6) is -2.85. The van der Waals surface area contributed by atoms with Crippen LogP contribution in [-0.4, -0.2) is 63.1 Å². The SMILES string of the molecule is O=C(C(Cl)CN1C(=O)c2ccccc2C1=O)C(Cl)CN1C(=O)c2ccccc2C1=O. The molecule has 0 fully saturated rings. The summed E-state index contributed by atoms with van der Waals surface area (Å²) in [5.41, 5.74) is 0.971. The number of rotatable bonds is 6. The molecule has 0 radical (unpaired) electrons. The van der Waals surface area contributed by atoms with E-state index in [4.69, 9.17) is 23.2 Å². The van der Waals surface area contributed by atoms with Crippen molar-refractivity contribution in [3.63, 3.8) is 0 Å². The number of nitrogens with zero attached hydrogens (tertiary/aromatic N) is 2. The van der Waals surface area contributed by atoms with E-state index in [9.17, 15) is 24.0 Å². The van der Waals surface area contributed by atoms with Gasteiger partial charge in [-0.3, -0.25) is 33.8 Å². The van der Waals surface area contributed by atoms with Crippen molar-refractivity contribution >= 4 is 52.6 Å². The third-order valence-corrected chi connectivity index (χ3v) is 5.77. The summed E-state index contributed by atoms with van der Waals surface area (Å²) < 4.78 is 0. The highest BCUT2D eigenvalue weighted by Gasteiger charge is 2.40. The normalized spacial score (nSPS) is 17.3. The van der Waals surface area contributed by atoms with Gasteiger partial charge in [0.25, 0.3) is 23.6 Å². The highest BCUT2D eigenvalue weighted by molar-refractivity contribution is 6.41. The Kier molecular flexibility index (Phi) is 5.17. The van der Waals surface area contributed by atoms with Gasteiger partial charge in [0.15, 0.2) is 5.78 Å². The van der Waals surface area contributed by atoms with E-state index in [0.717, 1.165) is 9.80 Å². The Morgan fingerprint density at radius 2 is 0.900 bits per heavy atom. The largest absolute Gasteiger partial charge is 0.296 e.